The molecular weight excluding hydrogens is 560 g/mol. The van der Waals surface area contributed by atoms with Crippen LogP contribution in [0.3, 0.4) is 0 Å². The number of ether oxygens (including phenoxy) is 3. The van der Waals surface area contributed by atoms with Crippen molar-refractivity contribution in [3.05, 3.63) is 89.9 Å². The van der Waals surface area contributed by atoms with E-state index in [4.69, 9.17) is 19.2 Å². The molecule has 0 aromatic heterocycles. The maximum absolute atomic E-state index is 13.4. The van der Waals surface area contributed by atoms with Crippen molar-refractivity contribution in [2.24, 2.45) is 4.99 Å². The molecule has 1 N–H and O–H groups in total. The summed E-state index contributed by atoms with van der Waals surface area (Å²) in [6, 6.07) is 16.9. The number of methoxy groups -OCH3 is 1. The van der Waals surface area contributed by atoms with Crippen LogP contribution in [0, 0.1) is 0 Å². The summed E-state index contributed by atoms with van der Waals surface area (Å²) >= 11 is 0. The molecule has 0 radical (unpaired) electrons. The van der Waals surface area contributed by atoms with Gasteiger partial charge in [-0.05, 0) is 74.3 Å². The molecule has 0 saturated carbocycles. The summed E-state index contributed by atoms with van der Waals surface area (Å²) in [6.45, 7) is 0.836. The lowest BCUT2D eigenvalue weighted by Gasteiger charge is -2.24. The van der Waals surface area contributed by atoms with Crippen molar-refractivity contribution in [1.82, 2.24) is 4.90 Å². The molecule has 5 rings (SSSR count). The number of carbonyl (C=O) groups is 2. The molecule has 2 aliphatic rings. The van der Waals surface area contributed by atoms with Gasteiger partial charge in [0.15, 0.2) is 11.5 Å². The smallest absolute Gasteiger partial charge is 0.337 e. The molecule has 12 heteroatoms. The summed E-state index contributed by atoms with van der Waals surface area (Å²) in [4.78, 5) is 32.3. The minimum Gasteiger partial charge on any atom is -0.465 e. The van der Waals surface area contributed by atoms with Crippen LogP contribution in [0.1, 0.15) is 27.4 Å². The molecule has 11 nitrogen and oxygen atoms in total. The second kappa shape index (κ2) is 11.7. The van der Waals surface area contributed by atoms with Gasteiger partial charge in [0.25, 0.3) is 0 Å². The highest BCUT2D eigenvalue weighted by Crippen LogP contribution is 2.39. The van der Waals surface area contributed by atoms with Crippen molar-refractivity contribution in [3.63, 3.8) is 0 Å². The van der Waals surface area contributed by atoms with Crippen molar-refractivity contribution in [1.29, 1.82) is 0 Å². The molecule has 1 amide bonds. The normalized spacial score (nSPS) is 15.8. The quantitative estimate of drug-likeness (QED) is 0.294. The number of hydrogen-bond donors (Lipinski definition) is 1. The van der Waals surface area contributed by atoms with Gasteiger partial charge in [-0.2, -0.15) is 0 Å². The highest BCUT2D eigenvalue weighted by atomic mass is 32.2. The number of nitrogens with zero attached hydrogens (tertiary/aromatic N) is 3. The molecule has 0 aliphatic carbocycles. The molecule has 0 spiro atoms. The number of fused-ring (bicyclic) bond motifs is 2. The van der Waals surface area contributed by atoms with Gasteiger partial charge in [0.05, 0.1) is 36.0 Å². The summed E-state index contributed by atoms with van der Waals surface area (Å²) in [5, 5.41) is 2.86. The van der Waals surface area contributed by atoms with Crippen LogP contribution in [0.4, 0.5) is 17.1 Å². The Morgan fingerprint density at radius 2 is 1.64 bits per heavy atom. The van der Waals surface area contributed by atoms with Gasteiger partial charge in [-0.3, -0.25) is 14.1 Å². The third-order valence-corrected chi connectivity index (χ3v) is 8.00. The van der Waals surface area contributed by atoms with Gasteiger partial charge in [0, 0.05) is 24.3 Å². The highest BCUT2D eigenvalue weighted by Gasteiger charge is 2.36. The molecular formula is C30H30N4O7S. The lowest BCUT2D eigenvalue weighted by molar-refractivity contribution is -0.115. The Kier molecular flexibility index (Phi) is 8.01. The highest BCUT2D eigenvalue weighted by molar-refractivity contribution is 7.92. The van der Waals surface area contributed by atoms with Crippen LogP contribution in [-0.2, 0) is 19.6 Å². The SMILES string of the molecule is COC(=O)c1ccc2c(c1)NC(=O)C2C(=Nc1ccc(N(CCN(C)C)S(C)(=O)=O)cc1)c1ccc2c(c1)OC=CO2. The lowest BCUT2D eigenvalue weighted by atomic mass is 9.90. The average molecular weight is 591 g/mol. The van der Waals surface area contributed by atoms with Gasteiger partial charge < -0.3 is 24.4 Å². The van der Waals surface area contributed by atoms with Crippen LogP contribution < -0.4 is 19.1 Å². The van der Waals surface area contributed by atoms with E-state index in [1.54, 1.807) is 60.7 Å². The summed E-state index contributed by atoms with van der Waals surface area (Å²) in [6.07, 6.45) is 4.01. The second-order valence-corrected chi connectivity index (χ2v) is 11.9. The Morgan fingerprint density at radius 1 is 0.952 bits per heavy atom. The van der Waals surface area contributed by atoms with Crippen LogP contribution in [0.2, 0.25) is 0 Å². The number of anilines is 2. The van der Waals surface area contributed by atoms with E-state index >= 15 is 0 Å². The van der Waals surface area contributed by atoms with Crippen LogP contribution in [0.25, 0.3) is 0 Å². The van der Waals surface area contributed by atoms with E-state index in [1.165, 1.54) is 30.2 Å². The molecule has 1 unspecified atom stereocenters. The van der Waals surface area contributed by atoms with Crippen molar-refractivity contribution < 1.29 is 32.2 Å². The van der Waals surface area contributed by atoms with Gasteiger partial charge in [-0.1, -0.05) is 6.07 Å². The lowest BCUT2D eigenvalue weighted by Crippen LogP contribution is -2.35. The molecule has 2 aliphatic heterocycles. The van der Waals surface area contributed by atoms with E-state index < -0.39 is 21.9 Å². The first-order chi connectivity index (χ1) is 20.0. The molecule has 1 atom stereocenters. The molecule has 42 heavy (non-hydrogen) atoms. The molecule has 218 valence electrons. The molecule has 2 heterocycles. The Morgan fingerprint density at radius 3 is 2.31 bits per heavy atom. The number of esters is 1. The molecule has 0 fully saturated rings. The number of likely N-dealkylation sites (N-methyl/N-ethyl adjacent to an activating group) is 1. The second-order valence-electron chi connectivity index (χ2n) is 10.0. The van der Waals surface area contributed by atoms with Gasteiger partial charge in [-0.25, -0.2) is 13.2 Å². The van der Waals surface area contributed by atoms with Crippen LogP contribution in [0.5, 0.6) is 11.5 Å². The van der Waals surface area contributed by atoms with Gasteiger partial charge in [-0.15, -0.1) is 0 Å². The Balaban J connectivity index is 1.57. The topological polar surface area (TPSA) is 127 Å². The van der Waals surface area contributed by atoms with Crippen molar-refractivity contribution >= 4 is 44.7 Å². The molecule has 3 aromatic rings. The number of nitrogens with one attached hydrogen (secondary N) is 1. The fourth-order valence-corrected chi connectivity index (χ4v) is 5.66. The zero-order valence-electron chi connectivity index (χ0n) is 23.5. The monoisotopic (exact) mass is 590 g/mol. The van der Waals surface area contributed by atoms with Gasteiger partial charge >= 0.3 is 5.97 Å². The predicted octanol–water partition coefficient (Wildman–Crippen LogP) is 3.90. The fraction of sp³-hybridized carbons (Fsp3) is 0.233. The summed E-state index contributed by atoms with van der Waals surface area (Å²) in [5.74, 6) is -0.663. The van der Waals surface area contributed by atoms with Crippen LogP contribution in [0.15, 0.2) is 78.2 Å². The maximum atomic E-state index is 13.4. The maximum Gasteiger partial charge on any atom is 0.337 e. The Bertz CT molecular complexity index is 1700. The number of benzene rings is 3. The number of hydrogen-bond acceptors (Lipinski definition) is 9. The number of rotatable bonds is 9. The van der Waals surface area contributed by atoms with E-state index in [9.17, 15) is 18.0 Å². The third kappa shape index (κ3) is 5.99. The summed E-state index contributed by atoms with van der Waals surface area (Å²) < 4.78 is 42.3. The molecule has 0 bridgehead atoms. The van der Waals surface area contributed by atoms with Crippen LogP contribution in [-0.4, -0.2) is 71.5 Å². The van der Waals surface area contributed by atoms with Gasteiger partial charge in [0.1, 0.15) is 18.4 Å². The van der Waals surface area contributed by atoms with E-state index in [1.807, 2.05) is 19.0 Å². The Hall–Kier alpha value is -4.68. The first kappa shape index (κ1) is 28.8. The summed E-state index contributed by atoms with van der Waals surface area (Å²) in [5.41, 5.74) is 3.50. The third-order valence-electron chi connectivity index (χ3n) is 6.80. The first-order valence-electron chi connectivity index (χ1n) is 13.0. The van der Waals surface area contributed by atoms with E-state index in [2.05, 4.69) is 5.32 Å². The number of aliphatic imine (C=N–C) groups is 1. The largest absolute Gasteiger partial charge is 0.465 e. The minimum atomic E-state index is -3.51. The van der Waals surface area contributed by atoms with Gasteiger partial charge in [0.2, 0.25) is 15.9 Å². The first-order valence-corrected chi connectivity index (χ1v) is 14.9. The zero-order chi connectivity index (χ0) is 30.0. The number of amides is 1. The average Bonchev–Trinajstić information content (AvgIpc) is 3.29. The van der Waals surface area contributed by atoms with E-state index in [-0.39, 0.29) is 12.5 Å². The fourth-order valence-electron chi connectivity index (χ4n) is 4.74. The number of carbonyl (C=O) groups excluding carboxylic acids is 2. The Labute approximate surface area is 244 Å². The van der Waals surface area contributed by atoms with E-state index in [0.29, 0.717) is 57.5 Å². The van der Waals surface area contributed by atoms with E-state index in [0.717, 1.165) is 0 Å². The molecule has 0 saturated heterocycles. The van der Waals surface area contributed by atoms with Crippen molar-refractivity contribution in [3.8, 4) is 11.5 Å². The van der Waals surface area contributed by atoms with Crippen LogP contribution >= 0.6 is 0 Å². The predicted molar refractivity (Wildman–Crippen MR) is 159 cm³/mol. The van der Waals surface area contributed by atoms with Crippen molar-refractivity contribution in [2.45, 2.75) is 5.92 Å². The number of sulfonamides is 1. The molecule has 3 aromatic carbocycles. The van der Waals surface area contributed by atoms with Crippen molar-refractivity contribution in [2.75, 3.05) is 50.2 Å². The summed E-state index contributed by atoms with van der Waals surface area (Å²) in [7, 11) is 1.53. The standard InChI is InChI=1S/C30H30N4O7S/c1-33(2)13-14-34(42(4,37)38)22-9-7-21(8-10-22)31-28(19-6-12-25-26(18-19)41-16-15-40-25)27-23-11-5-20(30(36)39-3)17-24(23)32-29(27)35/h5-12,15-18,27H,13-14H2,1-4H3,(H,32,35). The minimum absolute atomic E-state index is 0.290. The zero-order valence-corrected chi connectivity index (χ0v) is 24.3.